The molecule has 0 amide bonds. The number of anilines is 2. The van der Waals surface area contributed by atoms with Gasteiger partial charge in [0, 0.05) is 18.4 Å². The van der Waals surface area contributed by atoms with E-state index in [9.17, 15) is 13.2 Å². The maximum atomic E-state index is 12.7. The summed E-state index contributed by atoms with van der Waals surface area (Å²) in [5.41, 5.74) is 4.58. The summed E-state index contributed by atoms with van der Waals surface area (Å²) in [6, 6.07) is 3.37. The molecule has 0 aliphatic rings. The first-order valence-corrected chi connectivity index (χ1v) is 5.93. The van der Waals surface area contributed by atoms with Crippen LogP contribution in [0, 0.1) is 0 Å². The zero-order chi connectivity index (χ0) is 14.8. The molecule has 0 saturated carbocycles. The maximum Gasteiger partial charge on any atom is 0.416 e. The van der Waals surface area contributed by atoms with Crippen molar-refractivity contribution in [2.45, 2.75) is 25.7 Å². The Morgan fingerprint density at radius 1 is 1.40 bits per heavy atom. The van der Waals surface area contributed by atoms with Gasteiger partial charge in [0.25, 0.3) is 0 Å². The van der Waals surface area contributed by atoms with Crippen LogP contribution in [-0.2, 0) is 12.7 Å². The van der Waals surface area contributed by atoms with Crippen molar-refractivity contribution >= 4 is 11.6 Å². The van der Waals surface area contributed by atoms with Crippen molar-refractivity contribution in [1.29, 1.82) is 0 Å². The molecule has 3 N–H and O–H groups in total. The third-order valence-electron chi connectivity index (χ3n) is 2.59. The Hall–Kier alpha value is -2.25. The summed E-state index contributed by atoms with van der Waals surface area (Å²) < 4.78 is 39.7. The lowest BCUT2D eigenvalue weighted by Crippen LogP contribution is -2.23. The first-order valence-electron chi connectivity index (χ1n) is 5.93. The van der Waals surface area contributed by atoms with E-state index in [1.807, 2.05) is 6.92 Å². The normalized spacial score (nSPS) is 13.2. The van der Waals surface area contributed by atoms with E-state index in [2.05, 4.69) is 15.4 Å². The minimum absolute atomic E-state index is 0.0944. The number of halogens is 3. The van der Waals surface area contributed by atoms with Gasteiger partial charge in [-0.05, 0) is 25.1 Å². The molecule has 0 fully saturated rings. The number of aromatic nitrogens is 3. The molecule has 5 nitrogen and oxygen atoms in total. The molecule has 0 aliphatic heterocycles. The van der Waals surface area contributed by atoms with Crippen LogP contribution in [0.3, 0.4) is 0 Å². The third-order valence-corrected chi connectivity index (χ3v) is 2.59. The highest BCUT2D eigenvalue weighted by Gasteiger charge is 2.31. The fourth-order valence-electron chi connectivity index (χ4n) is 1.78. The number of nitrogens with one attached hydrogen (secondary N) is 1. The third kappa shape index (κ3) is 3.62. The molecule has 2 aromatic rings. The Morgan fingerprint density at radius 3 is 2.75 bits per heavy atom. The van der Waals surface area contributed by atoms with E-state index < -0.39 is 11.7 Å². The van der Waals surface area contributed by atoms with Crippen LogP contribution in [0.4, 0.5) is 24.8 Å². The van der Waals surface area contributed by atoms with Crippen molar-refractivity contribution in [3.8, 4) is 0 Å². The van der Waals surface area contributed by atoms with Crippen molar-refractivity contribution in [2.75, 3.05) is 11.1 Å². The van der Waals surface area contributed by atoms with Gasteiger partial charge in [0.15, 0.2) is 0 Å². The monoisotopic (exact) mass is 285 g/mol. The minimum Gasteiger partial charge on any atom is -0.384 e. The van der Waals surface area contributed by atoms with Crippen LogP contribution in [0.5, 0.6) is 0 Å². The molecule has 0 bridgehead atoms. The topological polar surface area (TPSA) is 68.8 Å². The highest BCUT2D eigenvalue weighted by atomic mass is 19.4. The number of hydrogen-bond acceptors (Lipinski definition) is 4. The predicted octanol–water partition coefficient (Wildman–Crippen LogP) is 2.38. The maximum absolute atomic E-state index is 12.7. The number of hydrogen-bond donors (Lipinski definition) is 2. The van der Waals surface area contributed by atoms with Crippen molar-refractivity contribution in [3.63, 3.8) is 0 Å². The second-order valence-corrected chi connectivity index (χ2v) is 4.44. The van der Waals surface area contributed by atoms with Crippen molar-refractivity contribution in [1.82, 2.24) is 14.8 Å². The number of nitrogens with two attached hydrogens (primary N) is 1. The second-order valence-electron chi connectivity index (χ2n) is 4.44. The van der Waals surface area contributed by atoms with E-state index in [1.165, 1.54) is 0 Å². The minimum atomic E-state index is -4.45. The molecule has 20 heavy (non-hydrogen) atoms. The summed E-state index contributed by atoms with van der Waals surface area (Å²) in [4.78, 5) is 3.85. The molecule has 0 radical (unpaired) electrons. The second kappa shape index (κ2) is 5.40. The Bertz CT molecular complexity index is 565. The van der Waals surface area contributed by atoms with Gasteiger partial charge in [-0.2, -0.15) is 18.3 Å². The van der Waals surface area contributed by atoms with E-state index in [-0.39, 0.29) is 17.7 Å². The molecule has 2 rings (SSSR count). The Morgan fingerprint density at radius 2 is 2.15 bits per heavy atom. The van der Waals surface area contributed by atoms with E-state index in [4.69, 9.17) is 5.73 Å². The lowest BCUT2D eigenvalue weighted by Gasteiger charge is -2.16. The van der Waals surface area contributed by atoms with Gasteiger partial charge < -0.3 is 11.1 Å². The van der Waals surface area contributed by atoms with Crippen LogP contribution in [0.15, 0.2) is 30.6 Å². The number of nitrogen functional groups attached to an aromatic ring is 1. The zero-order valence-corrected chi connectivity index (χ0v) is 10.7. The molecule has 8 heteroatoms. The number of rotatable bonds is 4. The quantitative estimate of drug-likeness (QED) is 0.905. The van der Waals surface area contributed by atoms with E-state index in [0.29, 0.717) is 6.54 Å². The van der Waals surface area contributed by atoms with Crippen LogP contribution in [0.1, 0.15) is 12.5 Å². The van der Waals surface area contributed by atoms with Gasteiger partial charge in [0.1, 0.15) is 11.6 Å². The van der Waals surface area contributed by atoms with E-state index >= 15 is 0 Å². The van der Waals surface area contributed by atoms with Crippen LogP contribution < -0.4 is 11.1 Å². The Labute approximate surface area is 113 Å². The fourth-order valence-corrected chi connectivity index (χ4v) is 1.78. The standard InChI is InChI=1S/C12H14F3N5/c1-8(7-20-4-2-3-17-20)18-11-6-9(12(13,14)15)5-10(16)19-11/h2-6,8H,7H2,1H3,(H3,16,18,19). The van der Waals surface area contributed by atoms with Gasteiger partial charge in [-0.3, -0.25) is 4.68 Å². The van der Waals surface area contributed by atoms with Gasteiger partial charge in [-0.25, -0.2) is 4.98 Å². The molecule has 1 atom stereocenters. The molecular weight excluding hydrogens is 271 g/mol. The number of pyridine rings is 1. The molecule has 0 saturated heterocycles. The van der Waals surface area contributed by atoms with E-state index in [0.717, 1.165) is 12.1 Å². The smallest absolute Gasteiger partial charge is 0.384 e. The lowest BCUT2D eigenvalue weighted by atomic mass is 10.2. The molecule has 2 heterocycles. The van der Waals surface area contributed by atoms with Gasteiger partial charge in [-0.1, -0.05) is 0 Å². The van der Waals surface area contributed by atoms with Crippen LogP contribution in [-0.4, -0.2) is 20.8 Å². The van der Waals surface area contributed by atoms with Gasteiger partial charge >= 0.3 is 6.18 Å². The summed E-state index contributed by atoms with van der Waals surface area (Å²) in [5.74, 6) is -0.0782. The SMILES string of the molecule is CC(Cn1cccn1)Nc1cc(C(F)(F)F)cc(N)n1. The first kappa shape index (κ1) is 14.2. The molecule has 0 spiro atoms. The van der Waals surface area contributed by atoms with Crippen molar-refractivity contribution in [2.24, 2.45) is 0 Å². The molecule has 1 unspecified atom stereocenters. The first-order chi connectivity index (χ1) is 9.34. The van der Waals surface area contributed by atoms with Gasteiger partial charge in [-0.15, -0.1) is 0 Å². The van der Waals surface area contributed by atoms with Gasteiger partial charge in [0.05, 0.1) is 12.1 Å². The molecule has 0 aromatic carbocycles. The molecule has 108 valence electrons. The highest BCUT2D eigenvalue weighted by molar-refractivity contribution is 5.47. The summed E-state index contributed by atoms with van der Waals surface area (Å²) >= 11 is 0. The summed E-state index contributed by atoms with van der Waals surface area (Å²) in [6.45, 7) is 2.32. The number of alkyl halides is 3. The largest absolute Gasteiger partial charge is 0.416 e. The molecule has 0 aliphatic carbocycles. The average molecular weight is 285 g/mol. The zero-order valence-electron chi connectivity index (χ0n) is 10.7. The van der Waals surface area contributed by atoms with Crippen LogP contribution >= 0.6 is 0 Å². The molecular formula is C12H14F3N5. The summed E-state index contributed by atoms with van der Waals surface area (Å²) in [5, 5.41) is 6.91. The van der Waals surface area contributed by atoms with Crippen LogP contribution in [0.2, 0.25) is 0 Å². The lowest BCUT2D eigenvalue weighted by molar-refractivity contribution is -0.137. The number of nitrogens with zero attached hydrogens (tertiary/aromatic N) is 3. The Kier molecular flexibility index (Phi) is 3.82. The average Bonchev–Trinajstić information content (AvgIpc) is 2.79. The summed E-state index contributed by atoms with van der Waals surface area (Å²) in [6.07, 6.45) is -1.04. The van der Waals surface area contributed by atoms with Crippen LogP contribution in [0.25, 0.3) is 0 Å². The van der Waals surface area contributed by atoms with Crippen molar-refractivity contribution in [3.05, 3.63) is 36.2 Å². The highest BCUT2D eigenvalue weighted by Crippen LogP contribution is 2.31. The van der Waals surface area contributed by atoms with E-state index in [1.54, 1.807) is 23.1 Å². The van der Waals surface area contributed by atoms with Crippen molar-refractivity contribution < 1.29 is 13.2 Å². The summed E-state index contributed by atoms with van der Waals surface area (Å²) in [7, 11) is 0. The van der Waals surface area contributed by atoms with Gasteiger partial charge in [0.2, 0.25) is 0 Å². The fraction of sp³-hybridized carbons (Fsp3) is 0.333. The Balaban J connectivity index is 2.11. The predicted molar refractivity (Wildman–Crippen MR) is 69.0 cm³/mol. The molecule has 2 aromatic heterocycles.